The van der Waals surface area contributed by atoms with E-state index in [1.807, 2.05) is 0 Å². The van der Waals surface area contributed by atoms with Gasteiger partial charge >= 0.3 is 0 Å². The van der Waals surface area contributed by atoms with E-state index in [0.29, 0.717) is 6.10 Å². The third kappa shape index (κ3) is 7.77. The topological polar surface area (TPSA) is 12.5 Å². The SMILES string of the molecule is CCCOC(CC)CCN(CCC)C(C)(C)C. The van der Waals surface area contributed by atoms with Crippen LogP contribution in [0.3, 0.4) is 0 Å². The number of rotatable bonds is 9. The van der Waals surface area contributed by atoms with Gasteiger partial charge in [-0.3, -0.25) is 4.90 Å². The average molecular weight is 243 g/mol. The van der Waals surface area contributed by atoms with Crippen LogP contribution < -0.4 is 0 Å². The molecule has 0 aromatic carbocycles. The highest BCUT2D eigenvalue weighted by atomic mass is 16.5. The molecule has 0 aromatic heterocycles. The molecule has 0 aliphatic heterocycles. The Morgan fingerprint density at radius 2 is 1.65 bits per heavy atom. The molecule has 0 spiro atoms. The van der Waals surface area contributed by atoms with Crippen molar-refractivity contribution in [2.75, 3.05) is 19.7 Å². The van der Waals surface area contributed by atoms with Crippen LogP contribution in [0.15, 0.2) is 0 Å². The fourth-order valence-electron chi connectivity index (χ4n) is 2.04. The Balaban J connectivity index is 4.08. The van der Waals surface area contributed by atoms with E-state index in [0.717, 1.165) is 32.4 Å². The molecule has 0 aromatic rings. The van der Waals surface area contributed by atoms with Gasteiger partial charge in [-0.05, 0) is 53.0 Å². The van der Waals surface area contributed by atoms with Gasteiger partial charge in [-0.2, -0.15) is 0 Å². The van der Waals surface area contributed by atoms with Gasteiger partial charge in [-0.15, -0.1) is 0 Å². The Labute approximate surface area is 109 Å². The first-order valence-corrected chi connectivity index (χ1v) is 7.32. The average Bonchev–Trinajstić information content (AvgIpc) is 2.26. The lowest BCUT2D eigenvalue weighted by molar-refractivity contribution is 0.0281. The predicted molar refractivity (Wildman–Crippen MR) is 76.6 cm³/mol. The van der Waals surface area contributed by atoms with E-state index in [-0.39, 0.29) is 5.54 Å². The second kappa shape index (κ2) is 8.93. The number of hydrogen-bond acceptors (Lipinski definition) is 2. The molecule has 0 amide bonds. The van der Waals surface area contributed by atoms with Gasteiger partial charge in [0, 0.05) is 18.7 Å². The summed E-state index contributed by atoms with van der Waals surface area (Å²) < 4.78 is 5.85. The summed E-state index contributed by atoms with van der Waals surface area (Å²) >= 11 is 0. The molecule has 0 heterocycles. The molecule has 0 radical (unpaired) electrons. The molecule has 1 atom stereocenters. The molecule has 0 aliphatic rings. The lowest BCUT2D eigenvalue weighted by Crippen LogP contribution is -2.43. The summed E-state index contributed by atoms with van der Waals surface area (Å²) in [4.78, 5) is 2.57. The van der Waals surface area contributed by atoms with Crippen LogP contribution in [0.1, 0.15) is 67.2 Å². The maximum Gasteiger partial charge on any atom is 0.0584 e. The van der Waals surface area contributed by atoms with Crippen molar-refractivity contribution in [3.05, 3.63) is 0 Å². The van der Waals surface area contributed by atoms with E-state index >= 15 is 0 Å². The Hall–Kier alpha value is -0.0800. The van der Waals surface area contributed by atoms with Gasteiger partial charge in [-0.25, -0.2) is 0 Å². The molecule has 0 aliphatic carbocycles. The highest BCUT2D eigenvalue weighted by Gasteiger charge is 2.21. The van der Waals surface area contributed by atoms with E-state index < -0.39 is 0 Å². The monoisotopic (exact) mass is 243 g/mol. The molecule has 1 unspecified atom stereocenters. The molecule has 2 heteroatoms. The van der Waals surface area contributed by atoms with Gasteiger partial charge in [-0.1, -0.05) is 20.8 Å². The predicted octanol–water partition coefficient (Wildman–Crippen LogP) is 4.09. The maximum absolute atomic E-state index is 5.85. The van der Waals surface area contributed by atoms with Crippen LogP contribution in [0.4, 0.5) is 0 Å². The molecule has 0 N–H and O–H groups in total. The van der Waals surface area contributed by atoms with Crippen LogP contribution in [0, 0.1) is 0 Å². The lowest BCUT2D eigenvalue weighted by atomic mass is 10.0. The van der Waals surface area contributed by atoms with Crippen LogP contribution in [0.25, 0.3) is 0 Å². The molecule has 104 valence electrons. The Morgan fingerprint density at radius 3 is 2.06 bits per heavy atom. The van der Waals surface area contributed by atoms with Crippen LogP contribution >= 0.6 is 0 Å². The van der Waals surface area contributed by atoms with Gasteiger partial charge in [0.25, 0.3) is 0 Å². The summed E-state index contributed by atoms with van der Waals surface area (Å²) in [6, 6.07) is 0. The van der Waals surface area contributed by atoms with Crippen molar-refractivity contribution in [3.8, 4) is 0 Å². The first-order valence-electron chi connectivity index (χ1n) is 7.32. The first kappa shape index (κ1) is 16.9. The third-order valence-electron chi connectivity index (χ3n) is 3.18. The highest BCUT2D eigenvalue weighted by molar-refractivity contribution is 4.76. The summed E-state index contributed by atoms with van der Waals surface area (Å²) in [6.45, 7) is 16.8. The minimum Gasteiger partial charge on any atom is -0.378 e. The van der Waals surface area contributed by atoms with E-state index in [2.05, 4.69) is 46.4 Å². The van der Waals surface area contributed by atoms with Crippen LogP contribution in [0.2, 0.25) is 0 Å². The molecular weight excluding hydrogens is 210 g/mol. The van der Waals surface area contributed by atoms with Crippen molar-refractivity contribution in [1.82, 2.24) is 4.90 Å². The Kier molecular flexibility index (Phi) is 8.89. The zero-order valence-corrected chi connectivity index (χ0v) is 12.9. The number of ether oxygens (including phenoxy) is 1. The van der Waals surface area contributed by atoms with Crippen molar-refractivity contribution < 1.29 is 4.74 Å². The minimum atomic E-state index is 0.277. The van der Waals surface area contributed by atoms with Crippen molar-refractivity contribution in [2.45, 2.75) is 78.9 Å². The number of nitrogens with zero attached hydrogens (tertiary/aromatic N) is 1. The van der Waals surface area contributed by atoms with Gasteiger partial charge in [0.1, 0.15) is 0 Å². The largest absolute Gasteiger partial charge is 0.378 e. The van der Waals surface area contributed by atoms with Crippen molar-refractivity contribution >= 4 is 0 Å². The van der Waals surface area contributed by atoms with Crippen LogP contribution in [-0.4, -0.2) is 36.2 Å². The number of hydrogen-bond donors (Lipinski definition) is 0. The summed E-state index contributed by atoms with van der Waals surface area (Å²) in [5.41, 5.74) is 0.277. The molecule has 0 saturated carbocycles. The minimum absolute atomic E-state index is 0.277. The van der Waals surface area contributed by atoms with Crippen LogP contribution in [0.5, 0.6) is 0 Å². The summed E-state index contributed by atoms with van der Waals surface area (Å²) in [5.74, 6) is 0. The fourth-order valence-corrected chi connectivity index (χ4v) is 2.04. The van der Waals surface area contributed by atoms with Crippen molar-refractivity contribution in [3.63, 3.8) is 0 Å². The summed E-state index contributed by atoms with van der Waals surface area (Å²) in [6.07, 6.45) is 5.08. The molecular formula is C15H33NO. The van der Waals surface area contributed by atoms with Crippen LogP contribution in [-0.2, 0) is 4.74 Å². The Bertz CT molecular complexity index is 174. The van der Waals surface area contributed by atoms with E-state index in [4.69, 9.17) is 4.74 Å². The molecule has 0 saturated heterocycles. The fraction of sp³-hybridized carbons (Fsp3) is 1.00. The van der Waals surface area contributed by atoms with E-state index in [1.54, 1.807) is 0 Å². The quantitative estimate of drug-likeness (QED) is 0.605. The lowest BCUT2D eigenvalue weighted by Gasteiger charge is -2.36. The summed E-state index contributed by atoms with van der Waals surface area (Å²) in [5, 5.41) is 0. The molecule has 2 nitrogen and oxygen atoms in total. The second-order valence-electron chi connectivity index (χ2n) is 5.85. The smallest absolute Gasteiger partial charge is 0.0584 e. The third-order valence-corrected chi connectivity index (χ3v) is 3.18. The highest BCUT2D eigenvalue weighted by Crippen LogP contribution is 2.16. The maximum atomic E-state index is 5.85. The van der Waals surface area contributed by atoms with Gasteiger partial charge < -0.3 is 4.74 Å². The van der Waals surface area contributed by atoms with Crippen molar-refractivity contribution in [1.29, 1.82) is 0 Å². The standard InChI is InChI=1S/C15H33NO/c1-7-11-16(15(4,5)6)12-10-14(9-3)17-13-8-2/h14H,7-13H2,1-6H3. The van der Waals surface area contributed by atoms with Gasteiger partial charge in [0.2, 0.25) is 0 Å². The second-order valence-corrected chi connectivity index (χ2v) is 5.85. The first-order chi connectivity index (χ1) is 7.95. The molecule has 0 bridgehead atoms. The van der Waals surface area contributed by atoms with Crippen molar-refractivity contribution in [2.24, 2.45) is 0 Å². The van der Waals surface area contributed by atoms with E-state index in [1.165, 1.54) is 13.0 Å². The van der Waals surface area contributed by atoms with Gasteiger partial charge in [0.15, 0.2) is 0 Å². The Morgan fingerprint density at radius 1 is 1.00 bits per heavy atom. The zero-order chi connectivity index (χ0) is 13.3. The van der Waals surface area contributed by atoms with E-state index in [9.17, 15) is 0 Å². The van der Waals surface area contributed by atoms with Gasteiger partial charge in [0.05, 0.1) is 6.10 Å². The zero-order valence-electron chi connectivity index (χ0n) is 12.9. The molecule has 17 heavy (non-hydrogen) atoms. The molecule has 0 fully saturated rings. The summed E-state index contributed by atoms with van der Waals surface area (Å²) in [7, 11) is 0. The molecule has 0 rings (SSSR count). The normalized spacial score (nSPS) is 14.3.